The van der Waals surface area contributed by atoms with Gasteiger partial charge in [-0.15, -0.1) is 0 Å². The van der Waals surface area contributed by atoms with Gasteiger partial charge in [0.05, 0.1) is 11.8 Å². The molecule has 0 saturated heterocycles. The van der Waals surface area contributed by atoms with Crippen LogP contribution in [0.1, 0.15) is 48.7 Å². The van der Waals surface area contributed by atoms with Crippen LogP contribution in [0.25, 0.3) is 5.65 Å². The van der Waals surface area contributed by atoms with Crippen LogP contribution in [0, 0.1) is 18.8 Å². The highest BCUT2D eigenvalue weighted by atomic mass is 19.4. The molecule has 4 aromatic rings. The Balaban J connectivity index is 1.61. The maximum atomic E-state index is 13.2. The molecule has 0 aliphatic heterocycles. The van der Waals surface area contributed by atoms with Crippen LogP contribution in [0.5, 0.6) is 0 Å². The number of imidazole rings is 1. The van der Waals surface area contributed by atoms with Gasteiger partial charge in [0.25, 0.3) is 0 Å². The lowest BCUT2D eigenvalue weighted by Crippen LogP contribution is -2.11. The fraction of sp³-hybridized carbons (Fsp3) is 0.120. The molecule has 0 fully saturated rings. The topological polar surface area (TPSA) is 64.3 Å². The van der Waals surface area contributed by atoms with E-state index >= 15 is 0 Å². The number of ketones is 1. The third kappa shape index (κ3) is 4.67. The summed E-state index contributed by atoms with van der Waals surface area (Å²) < 4.78 is 41.2. The van der Waals surface area contributed by atoms with Gasteiger partial charge >= 0.3 is 6.18 Å². The molecule has 2 aromatic carbocycles. The third-order valence-corrected chi connectivity index (χ3v) is 5.08. The van der Waals surface area contributed by atoms with Crippen molar-refractivity contribution >= 4 is 17.7 Å². The number of Topliss-reactive ketones (excluding diaryl/α,β-unsaturated/α-hetero) is 1. The third-order valence-electron chi connectivity index (χ3n) is 5.08. The van der Waals surface area contributed by atoms with Gasteiger partial charge in [-0.05, 0) is 48.2 Å². The molecule has 4 rings (SSSR count). The van der Waals surface area contributed by atoms with Crippen molar-refractivity contribution in [2.75, 3.05) is 0 Å². The zero-order valence-electron chi connectivity index (χ0n) is 17.3. The molecule has 0 saturated carbocycles. The number of nitrogens with zero attached hydrogens (tertiary/aromatic N) is 3. The lowest BCUT2D eigenvalue weighted by molar-refractivity contribution is -0.137. The molecule has 0 aliphatic carbocycles. The van der Waals surface area contributed by atoms with Gasteiger partial charge in [-0.25, -0.2) is 9.50 Å². The van der Waals surface area contributed by atoms with Crippen molar-refractivity contribution in [2.24, 2.45) is 0 Å². The highest BCUT2D eigenvalue weighted by Gasteiger charge is 2.33. The summed E-state index contributed by atoms with van der Waals surface area (Å²) in [4.78, 5) is 27.9. The van der Waals surface area contributed by atoms with E-state index in [0.717, 1.165) is 17.7 Å². The summed E-state index contributed by atoms with van der Waals surface area (Å²) in [7, 11) is 0. The van der Waals surface area contributed by atoms with E-state index in [1.54, 1.807) is 47.2 Å². The molecule has 0 radical (unpaired) electrons. The van der Waals surface area contributed by atoms with Crippen LogP contribution in [-0.2, 0) is 12.6 Å². The Hall–Kier alpha value is -4.25. The van der Waals surface area contributed by atoms with Crippen LogP contribution < -0.4 is 0 Å². The molecule has 0 bridgehead atoms. The zero-order chi connectivity index (χ0) is 23.6. The van der Waals surface area contributed by atoms with Gasteiger partial charge in [0.1, 0.15) is 5.69 Å². The van der Waals surface area contributed by atoms with E-state index in [9.17, 15) is 22.8 Å². The zero-order valence-corrected chi connectivity index (χ0v) is 17.3. The summed E-state index contributed by atoms with van der Waals surface area (Å²) in [5.74, 6) is 5.66. The molecule has 0 aliphatic rings. The Morgan fingerprint density at radius 1 is 1.12 bits per heavy atom. The van der Waals surface area contributed by atoms with E-state index < -0.39 is 17.3 Å². The van der Waals surface area contributed by atoms with E-state index in [0.29, 0.717) is 22.5 Å². The van der Waals surface area contributed by atoms with Crippen LogP contribution >= 0.6 is 0 Å². The van der Waals surface area contributed by atoms with Crippen molar-refractivity contribution < 1.29 is 22.8 Å². The van der Waals surface area contributed by atoms with Gasteiger partial charge < -0.3 is 0 Å². The van der Waals surface area contributed by atoms with Gasteiger partial charge in [-0.1, -0.05) is 30.2 Å². The Kier molecular flexibility index (Phi) is 5.80. The highest BCUT2D eigenvalue weighted by molar-refractivity contribution is 5.98. The molecule has 33 heavy (non-hydrogen) atoms. The maximum absolute atomic E-state index is 13.2. The second-order valence-electron chi connectivity index (χ2n) is 7.35. The van der Waals surface area contributed by atoms with Crippen molar-refractivity contribution in [3.05, 3.63) is 100.0 Å². The monoisotopic (exact) mass is 447 g/mol. The number of fused-ring (bicyclic) bond motifs is 1. The first kappa shape index (κ1) is 22.0. The van der Waals surface area contributed by atoms with Gasteiger partial charge in [0, 0.05) is 29.3 Å². The van der Waals surface area contributed by atoms with E-state index in [1.165, 1.54) is 6.07 Å². The lowest BCUT2D eigenvalue weighted by atomic mass is 9.96. The number of rotatable bonds is 4. The minimum Gasteiger partial charge on any atom is -0.298 e. The average Bonchev–Trinajstić information content (AvgIpc) is 3.21. The highest BCUT2D eigenvalue weighted by Crippen LogP contribution is 2.32. The molecule has 0 unspecified atom stereocenters. The summed E-state index contributed by atoms with van der Waals surface area (Å²) in [6, 6.07) is 11.8. The molecule has 0 atom stereocenters. The molecule has 0 amide bonds. The first-order valence-corrected chi connectivity index (χ1v) is 9.86. The standard InChI is InChI=1S/C25H16F3N3O2/c1-16-4-6-19(13-18(16)8-9-21-14-29-24-3-2-10-30-31(21)24)23(33)12-17-5-7-20(15-32)22(11-17)25(26,27)28/h2-7,10-11,13-15H,12H2,1H3. The Morgan fingerprint density at radius 2 is 1.94 bits per heavy atom. The van der Waals surface area contributed by atoms with Crippen LogP contribution in [0.4, 0.5) is 13.2 Å². The molecule has 0 N–H and O–H groups in total. The summed E-state index contributed by atoms with van der Waals surface area (Å²) >= 11 is 0. The number of carbonyl (C=O) groups excluding carboxylic acids is 2. The first-order chi connectivity index (χ1) is 15.8. The lowest BCUT2D eigenvalue weighted by Gasteiger charge is -2.11. The Labute approximate surface area is 186 Å². The number of aldehydes is 1. The maximum Gasteiger partial charge on any atom is 0.417 e. The fourth-order valence-electron chi connectivity index (χ4n) is 3.33. The molecule has 164 valence electrons. The molecule has 5 nitrogen and oxygen atoms in total. The molecular formula is C25H16F3N3O2. The number of halogens is 3. The van der Waals surface area contributed by atoms with Crippen molar-refractivity contribution in [1.82, 2.24) is 14.6 Å². The Bertz CT molecular complexity index is 1440. The number of alkyl halides is 3. The number of hydrogen-bond acceptors (Lipinski definition) is 4. The number of hydrogen-bond donors (Lipinski definition) is 0. The van der Waals surface area contributed by atoms with Crippen LogP contribution in [0.3, 0.4) is 0 Å². The first-order valence-electron chi connectivity index (χ1n) is 9.86. The fourth-order valence-corrected chi connectivity index (χ4v) is 3.33. The number of carbonyl (C=O) groups is 2. The predicted molar refractivity (Wildman–Crippen MR) is 115 cm³/mol. The smallest absolute Gasteiger partial charge is 0.298 e. The Morgan fingerprint density at radius 3 is 2.70 bits per heavy atom. The van der Waals surface area contributed by atoms with Crippen molar-refractivity contribution in [2.45, 2.75) is 19.5 Å². The number of benzene rings is 2. The number of aryl methyl sites for hydroxylation is 1. The van der Waals surface area contributed by atoms with Gasteiger partial charge in [0.15, 0.2) is 17.7 Å². The van der Waals surface area contributed by atoms with Crippen molar-refractivity contribution in [3.63, 3.8) is 0 Å². The quantitative estimate of drug-likeness (QED) is 0.259. The normalized spacial score (nSPS) is 11.2. The second kappa shape index (κ2) is 8.71. The predicted octanol–water partition coefficient (Wildman–Crippen LogP) is 4.69. The summed E-state index contributed by atoms with van der Waals surface area (Å²) in [5.41, 5.74) is 1.66. The van der Waals surface area contributed by atoms with Crippen molar-refractivity contribution in [1.29, 1.82) is 0 Å². The van der Waals surface area contributed by atoms with Gasteiger partial charge in [-0.2, -0.15) is 18.3 Å². The van der Waals surface area contributed by atoms with E-state index in [4.69, 9.17) is 0 Å². The minimum absolute atomic E-state index is 0.151. The van der Waals surface area contributed by atoms with E-state index in [2.05, 4.69) is 21.9 Å². The van der Waals surface area contributed by atoms with Gasteiger partial charge in [-0.3, -0.25) is 9.59 Å². The summed E-state index contributed by atoms with van der Waals surface area (Å²) in [6.45, 7) is 1.85. The SMILES string of the molecule is Cc1ccc(C(=O)Cc2ccc(C=O)c(C(F)(F)F)c2)cc1C#Cc1cnc2cccnn12. The molecular weight excluding hydrogens is 431 g/mol. The minimum atomic E-state index is -4.69. The van der Waals surface area contributed by atoms with E-state index in [1.807, 2.05) is 6.92 Å². The largest absolute Gasteiger partial charge is 0.417 e. The van der Waals surface area contributed by atoms with E-state index in [-0.39, 0.29) is 24.1 Å². The molecule has 8 heteroatoms. The van der Waals surface area contributed by atoms with Gasteiger partial charge in [0.2, 0.25) is 0 Å². The van der Waals surface area contributed by atoms with Crippen LogP contribution in [0.2, 0.25) is 0 Å². The van der Waals surface area contributed by atoms with Crippen LogP contribution in [0.15, 0.2) is 60.9 Å². The molecule has 2 aromatic heterocycles. The summed E-state index contributed by atoms with van der Waals surface area (Å²) in [6.07, 6.45) is -1.56. The van der Waals surface area contributed by atoms with Crippen LogP contribution in [-0.4, -0.2) is 26.7 Å². The summed E-state index contributed by atoms with van der Waals surface area (Å²) in [5, 5.41) is 4.20. The number of aromatic nitrogens is 3. The van der Waals surface area contributed by atoms with Crippen molar-refractivity contribution in [3.8, 4) is 11.8 Å². The average molecular weight is 447 g/mol. The molecule has 2 heterocycles. The molecule has 0 spiro atoms. The second-order valence-corrected chi connectivity index (χ2v) is 7.35.